The van der Waals surface area contributed by atoms with Crippen molar-refractivity contribution in [3.8, 4) is 0 Å². The second-order valence-corrected chi connectivity index (χ2v) is 6.12. The summed E-state index contributed by atoms with van der Waals surface area (Å²) in [5.41, 5.74) is -0.244. The van der Waals surface area contributed by atoms with Gasteiger partial charge in [-0.3, -0.25) is 0 Å². The number of ether oxygens (including phenoxy) is 2. The zero-order valence-corrected chi connectivity index (χ0v) is 11.3. The Kier molecular flexibility index (Phi) is 8.14. The Balaban J connectivity index is 3.76. The Morgan fingerprint density at radius 3 is 2.15 bits per heavy atom. The molecule has 80 valence electrons. The first-order valence-electron chi connectivity index (χ1n) is 5.07. The molecule has 0 rings (SSSR count). The predicted molar refractivity (Wildman–Crippen MR) is 63.5 cm³/mol. The molecule has 0 radical (unpaired) electrons. The van der Waals surface area contributed by atoms with E-state index in [9.17, 15) is 0 Å². The summed E-state index contributed by atoms with van der Waals surface area (Å²) in [5, 5.41) is 0. The molecule has 0 heterocycles. The van der Waals surface area contributed by atoms with Crippen LogP contribution in [-0.2, 0) is 9.47 Å². The van der Waals surface area contributed by atoms with Crippen molar-refractivity contribution in [3.05, 3.63) is 0 Å². The number of hydrogen-bond donors (Lipinski definition) is 1. The average Bonchev–Trinajstić information content (AvgIpc) is 2.05. The smallest absolute Gasteiger partial charge is 0.142 e. The van der Waals surface area contributed by atoms with Crippen LogP contribution in [0, 0.1) is 0 Å². The normalized spacial score (nSPS) is 12.9. The second kappa shape index (κ2) is 7.85. The van der Waals surface area contributed by atoms with E-state index >= 15 is 0 Å². The lowest BCUT2D eigenvalue weighted by Gasteiger charge is -2.29. The molecule has 0 N–H and O–H groups in total. The summed E-state index contributed by atoms with van der Waals surface area (Å²) >= 11 is 4.20. The Morgan fingerprint density at radius 2 is 1.77 bits per heavy atom. The van der Waals surface area contributed by atoms with Crippen LogP contribution in [0.25, 0.3) is 0 Å². The Hall–Kier alpha value is 0.487. The fraction of sp³-hybridized carbons (Fsp3) is 1.00. The lowest BCUT2D eigenvalue weighted by molar-refractivity contribution is -0.163. The van der Waals surface area contributed by atoms with Gasteiger partial charge in [0, 0.05) is 13.2 Å². The summed E-state index contributed by atoms with van der Waals surface area (Å²) in [6.07, 6.45) is 1.19. The van der Waals surface area contributed by atoms with Crippen LogP contribution in [-0.4, -0.2) is 33.9 Å². The third-order valence-corrected chi connectivity index (χ3v) is 4.42. The highest BCUT2D eigenvalue weighted by molar-refractivity contribution is 7.80. The summed E-state index contributed by atoms with van der Waals surface area (Å²) in [6.45, 7) is 7.59. The monoisotopic (exact) mass is 222 g/mol. The van der Waals surface area contributed by atoms with Crippen molar-refractivity contribution >= 4 is 22.1 Å². The van der Waals surface area contributed by atoms with Crippen LogP contribution in [0.1, 0.15) is 27.2 Å². The van der Waals surface area contributed by atoms with E-state index in [4.69, 9.17) is 9.47 Å². The summed E-state index contributed by atoms with van der Waals surface area (Å²) in [7, 11) is -0.297. The average molecular weight is 222 g/mol. The molecular weight excluding hydrogens is 200 g/mol. The molecule has 0 fully saturated rings. The van der Waals surface area contributed by atoms with Crippen molar-refractivity contribution < 1.29 is 9.47 Å². The highest BCUT2D eigenvalue weighted by atomic mass is 32.1. The molecule has 0 aliphatic heterocycles. The summed E-state index contributed by atoms with van der Waals surface area (Å²) in [5.74, 6) is 0.974. The van der Waals surface area contributed by atoms with Crippen LogP contribution >= 0.6 is 12.6 Å². The zero-order chi connectivity index (χ0) is 10.2. The molecule has 0 saturated heterocycles. The van der Waals surface area contributed by atoms with Gasteiger partial charge < -0.3 is 9.47 Å². The Labute approximate surface area is 89.6 Å². The highest BCUT2D eigenvalue weighted by Gasteiger charge is 2.23. The largest absolute Gasteiger partial charge is 0.355 e. The van der Waals surface area contributed by atoms with Crippen LogP contribution in [0.15, 0.2) is 0 Å². The molecule has 0 aliphatic rings. The predicted octanol–water partition coefficient (Wildman–Crippen LogP) is 1.64. The number of rotatable bonds is 8. The summed E-state index contributed by atoms with van der Waals surface area (Å²) in [4.78, 5) is 0. The summed E-state index contributed by atoms with van der Waals surface area (Å²) in [6, 6.07) is 1.25. The number of thiol groups is 1. The molecule has 2 nitrogen and oxygen atoms in total. The van der Waals surface area contributed by atoms with E-state index < -0.39 is 0 Å². The van der Waals surface area contributed by atoms with Gasteiger partial charge in [0.2, 0.25) is 0 Å². The van der Waals surface area contributed by atoms with Gasteiger partial charge in [0.25, 0.3) is 0 Å². The van der Waals surface area contributed by atoms with E-state index in [1.807, 2.05) is 13.8 Å². The SMILES string of the molecule is CCOC(C)(OCC)[SiH2]CCCS. The molecule has 0 saturated carbocycles. The first-order chi connectivity index (χ1) is 6.18. The molecule has 0 bridgehead atoms. The molecule has 0 aromatic rings. The van der Waals surface area contributed by atoms with Crippen molar-refractivity contribution in [1.82, 2.24) is 0 Å². The summed E-state index contributed by atoms with van der Waals surface area (Å²) < 4.78 is 11.3. The quantitative estimate of drug-likeness (QED) is 0.291. The molecule has 13 heavy (non-hydrogen) atoms. The van der Waals surface area contributed by atoms with Crippen molar-refractivity contribution in [2.24, 2.45) is 0 Å². The third kappa shape index (κ3) is 6.54. The van der Waals surface area contributed by atoms with Crippen molar-refractivity contribution in [2.75, 3.05) is 19.0 Å². The molecule has 4 heteroatoms. The van der Waals surface area contributed by atoms with Crippen LogP contribution in [0.4, 0.5) is 0 Å². The van der Waals surface area contributed by atoms with Gasteiger partial charge in [-0.1, -0.05) is 6.04 Å². The molecule has 0 aromatic heterocycles. The van der Waals surface area contributed by atoms with Gasteiger partial charge >= 0.3 is 0 Å². The molecular formula is C9H22O2SSi. The Morgan fingerprint density at radius 1 is 1.23 bits per heavy atom. The van der Waals surface area contributed by atoms with Gasteiger partial charge in [0.05, 0.1) is 9.52 Å². The van der Waals surface area contributed by atoms with Gasteiger partial charge in [-0.05, 0) is 32.9 Å². The van der Waals surface area contributed by atoms with Crippen LogP contribution in [0.3, 0.4) is 0 Å². The van der Waals surface area contributed by atoms with E-state index in [-0.39, 0.29) is 14.9 Å². The zero-order valence-electron chi connectivity index (χ0n) is 9.01. The van der Waals surface area contributed by atoms with Crippen molar-refractivity contribution in [3.63, 3.8) is 0 Å². The topological polar surface area (TPSA) is 18.5 Å². The van der Waals surface area contributed by atoms with E-state index in [0.29, 0.717) is 0 Å². The van der Waals surface area contributed by atoms with E-state index in [1.54, 1.807) is 0 Å². The van der Waals surface area contributed by atoms with Crippen LogP contribution < -0.4 is 0 Å². The fourth-order valence-electron chi connectivity index (χ4n) is 1.35. The minimum Gasteiger partial charge on any atom is -0.355 e. The molecule has 0 spiro atoms. The Bertz CT molecular complexity index is 116. The first-order valence-corrected chi connectivity index (χ1v) is 7.41. The highest BCUT2D eigenvalue weighted by Crippen LogP contribution is 2.13. The molecule has 0 aromatic carbocycles. The maximum absolute atomic E-state index is 5.63. The van der Waals surface area contributed by atoms with Gasteiger partial charge in [-0.15, -0.1) is 0 Å². The number of hydrogen-bond acceptors (Lipinski definition) is 3. The maximum atomic E-state index is 5.63. The molecule has 0 amide bonds. The van der Waals surface area contributed by atoms with Crippen LogP contribution in [0.2, 0.25) is 6.04 Å². The minimum absolute atomic E-state index is 0.244. The third-order valence-electron chi connectivity index (χ3n) is 1.94. The van der Waals surface area contributed by atoms with Crippen LogP contribution in [0.5, 0.6) is 0 Å². The first kappa shape index (κ1) is 13.5. The van der Waals surface area contributed by atoms with E-state index in [0.717, 1.165) is 19.0 Å². The second-order valence-electron chi connectivity index (χ2n) is 3.18. The lowest BCUT2D eigenvalue weighted by Crippen LogP contribution is -2.39. The molecule has 0 unspecified atom stereocenters. The minimum atomic E-state index is -0.297. The van der Waals surface area contributed by atoms with Crippen molar-refractivity contribution in [2.45, 2.75) is 38.6 Å². The molecule has 0 aliphatic carbocycles. The van der Waals surface area contributed by atoms with Gasteiger partial charge in [0.15, 0.2) is 0 Å². The van der Waals surface area contributed by atoms with E-state index in [1.165, 1.54) is 12.5 Å². The van der Waals surface area contributed by atoms with Gasteiger partial charge in [0.1, 0.15) is 5.41 Å². The van der Waals surface area contributed by atoms with Gasteiger partial charge in [-0.25, -0.2) is 0 Å². The fourth-order valence-corrected chi connectivity index (χ4v) is 3.84. The maximum Gasteiger partial charge on any atom is 0.142 e. The lowest BCUT2D eigenvalue weighted by atomic mass is 10.6. The molecule has 0 atom stereocenters. The standard InChI is InChI=1S/C9H22O2SSi/c1-4-10-9(3,11-5-2)13-8-6-7-12/h12H,4-8,13H2,1-3H3. The van der Waals surface area contributed by atoms with Gasteiger partial charge in [-0.2, -0.15) is 12.6 Å². The van der Waals surface area contributed by atoms with E-state index in [2.05, 4.69) is 19.6 Å². The van der Waals surface area contributed by atoms with Crippen molar-refractivity contribution in [1.29, 1.82) is 0 Å².